The number of fused-ring (bicyclic) bond motifs is 1. The average Bonchev–Trinajstić information content (AvgIpc) is 3.15. The third-order valence-corrected chi connectivity index (χ3v) is 5.45. The zero-order valence-electron chi connectivity index (χ0n) is 18.4. The van der Waals surface area contributed by atoms with Crippen molar-refractivity contribution < 1.29 is 18.8 Å². The Morgan fingerprint density at radius 3 is 2.79 bits per heavy atom. The van der Waals surface area contributed by atoms with Gasteiger partial charge in [-0.2, -0.15) is 0 Å². The lowest BCUT2D eigenvalue weighted by atomic mass is 10.1. The maximum Gasteiger partial charge on any atom is 0.248 e. The number of benzene rings is 2. The van der Waals surface area contributed by atoms with E-state index in [1.165, 1.54) is 6.08 Å². The van der Waals surface area contributed by atoms with Crippen LogP contribution in [0.2, 0.25) is 5.02 Å². The first kappa shape index (κ1) is 22.4. The second-order valence-corrected chi connectivity index (χ2v) is 7.73. The summed E-state index contributed by atoms with van der Waals surface area (Å²) in [6, 6.07) is 12.6. The van der Waals surface area contributed by atoms with Gasteiger partial charge in [-0.3, -0.25) is 9.78 Å². The minimum absolute atomic E-state index is 0.278. The third kappa shape index (κ3) is 4.99. The molecule has 0 saturated heterocycles. The average molecular weight is 464 g/mol. The normalized spacial score (nSPS) is 11.2. The molecule has 2 heterocycles. The van der Waals surface area contributed by atoms with Gasteiger partial charge in [0.05, 0.1) is 34.6 Å². The van der Waals surface area contributed by atoms with E-state index in [1.54, 1.807) is 49.7 Å². The summed E-state index contributed by atoms with van der Waals surface area (Å²) >= 11 is 6.20. The summed E-state index contributed by atoms with van der Waals surface area (Å²) in [4.78, 5) is 16.8. The van der Waals surface area contributed by atoms with E-state index in [1.807, 2.05) is 26.0 Å². The van der Waals surface area contributed by atoms with E-state index in [0.717, 1.165) is 28.0 Å². The molecular formula is C25H22ClN3O4. The van der Waals surface area contributed by atoms with Gasteiger partial charge in [-0.15, -0.1) is 0 Å². The zero-order chi connectivity index (χ0) is 23.4. The molecule has 4 rings (SSSR count). The summed E-state index contributed by atoms with van der Waals surface area (Å²) in [5.41, 5.74) is 3.76. The van der Waals surface area contributed by atoms with Crippen LogP contribution >= 0.6 is 11.6 Å². The predicted molar refractivity (Wildman–Crippen MR) is 128 cm³/mol. The fraction of sp³-hybridized carbons (Fsp3) is 0.160. The van der Waals surface area contributed by atoms with Crippen LogP contribution in [0.1, 0.15) is 22.6 Å². The van der Waals surface area contributed by atoms with Crippen LogP contribution < -0.4 is 14.8 Å². The summed E-state index contributed by atoms with van der Waals surface area (Å²) in [7, 11) is 1.57. The van der Waals surface area contributed by atoms with Gasteiger partial charge in [0.2, 0.25) is 5.91 Å². The number of carbonyl (C=O) groups is 1. The minimum Gasteiger partial charge on any atom is -0.493 e. The van der Waals surface area contributed by atoms with E-state index in [9.17, 15) is 4.79 Å². The van der Waals surface area contributed by atoms with E-state index in [4.69, 9.17) is 25.6 Å². The first-order valence-electron chi connectivity index (χ1n) is 10.2. The highest BCUT2D eigenvalue weighted by molar-refractivity contribution is 6.35. The van der Waals surface area contributed by atoms with Crippen LogP contribution in [0.25, 0.3) is 17.0 Å². The molecule has 33 heavy (non-hydrogen) atoms. The number of ether oxygens (including phenoxy) is 2. The molecule has 0 aliphatic heterocycles. The Morgan fingerprint density at radius 1 is 1.18 bits per heavy atom. The van der Waals surface area contributed by atoms with Crippen LogP contribution in [0.4, 0.5) is 5.69 Å². The lowest BCUT2D eigenvalue weighted by Crippen LogP contribution is -2.08. The molecule has 0 aliphatic carbocycles. The van der Waals surface area contributed by atoms with Crippen molar-refractivity contribution in [3.05, 3.63) is 82.3 Å². The molecule has 8 heteroatoms. The SMILES string of the molecule is COc1cc(/C=C/C(=O)Nc2ccc(Cl)c3ncccc23)ccc1OCc1c(C)noc1C. The number of methoxy groups -OCH3 is 1. The standard InChI is InChI=1S/C25H22ClN3O4/c1-15-19(16(2)33-29-15)14-32-22-10-6-17(13-23(22)31-3)7-11-24(30)28-21-9-8-20(26)25-18(21)5-4-12-27-25/h4-13H,14H2,1-3H3,(H,28,30)/b11-7+. The van der Waals surface area contributed by atoms with E-state index in [2.05, 4.69) is 15.5 Å². The first-order valence-corrected chi connectivity index (χ1v) is 10.6. The van der Waals surface area contributed by atoms with Gasteiger partial charge in [0.15, 0.2) is 11.5 Å². The number of hydrogen-bond acceptors (Lipinski definition) is 6. The molecule has 7 nitrogen and oxygen atoms in total. The first-order chi connectivity index (χ1) is 16.0. The number of nitrogens with one attached hydrogen (secondary N) is 1. The van der Waals surface area contributed by atoms with Gasteiger partial charge in [0.1, 0.15) is 12.4 Å². The summed E-state index contributed by atoms with van der Waals surface area (Å²) in [5, 5.41) is 8.11. The quantitative estimate of drug-likeness (QED) is 0.352. The van der Waals surface area contributed by atoms with Gasteiger partial charge in [-0.05, 0) is 61.9 Å². The molecule has 0 atom stereocenters. The lowest BCUT2D eigenvalue weighted by Gasteiger charge is -2.11. The number of carbonyl (C=O) groups excluding carboxylic acids is 1. The van der Waals surface area contributed by atoms with Gasteiger partial charge >= 0.3 is 0 Å². The number of halogens is 1. The Hall–Kier alpha value is -3.84. The summed E-state index contributed by atoms with van der Waals surface area (Å²) in [6.45, 7) is 4.03. The van der Waals surface area contributed by atoms with Crippen LogP contribution in [0.5, 0.6) is 11.5 Å². The number of nitrogens with zero attached hydrogens (tertiary/aromatic N) is 2. The number of aromatic nitrogens is 2. The van der Waals surface area contributed by atoms with Crippen molar-refractivity contribution in [2.45, 2.75) is 20.5 Å². The van der Waals surface area contributed by atoms with Crippen molar-refractivity contribution >= 4 is 40.2 Å². The molecule has 2 aromatic carbocycles. The van der Waals surface area contributed by atoms with Gasteiger partial charge in [-0.25, -0.2) is 0 Å². The number of hydrogen-bond donors (Lipinski definition) is 1. The number of anilines is 1. The highest BCUT2D eigenvalue weighted by Gasteiger charge is 2.12. The number of rotatable bonds is 7. The largest absolute Gasteiger partial charge is 0.493 e. The molecule has 0 bridgehead atoms. The zero-order valence-corrected chi connectivity index (χ0v) is 19.1. The van der Waals surface area contributed by atoms with Crippen LogP contribution in [0.3, 0.4) is 0 Å². The molecule has 0 spiro atoms. The fourth-order valence-corrected chi connectivity index (χ4v) is 3.57. The molecule has 1 amide bonds. The van der Waals surface area contributed by atoms with E-state index in [-0.39, 0.29) is 5.91 Å². The molecule has 0 aliphatic rings. The van der Waals surface area contributed by atoms with Crippen molar-refractivity contribution in [3.8, 4) is 11.5 Å². The molecule has 0 unspecified atom stereocenters. The summed E-state index contributed by atoms with van der Waals surface area (Å²) in [6.07, 6.45) is 4.82. The van der Waals surface area contributed by atoms with Crippen LogP contribution in [0, 0.1) is 13.8 Å². The Kier molecular flexibility index (Phi) is 6.60. The molecule has 1 N–H and O–H groups in total. The second kappa shape index (κ2) is 9.75. The van der Waals surface area contributed by atoms with Gasteiger partial charge in [0, 0.05) is 17.7 Å². The second-order valence-electron chi connectivity index (χ2n) is 7.32. The van der Waals surface area contributed by atoms with Crippen molar-refractivity contribution in [1.82, 2.24) is 10.1 Å². The van der Waals surface area contributed by atoms with E-state index >= 15 is 0 Å². The minimum atomic E-state index is -0.278. The van der Waals surface area contributed by atoms with Gasteiger partial charge < -0.3 is 19.3 Å². The topological polar surface area (TPSA) is 86.5 Å². The maximum absolute atomic E-state index is 12.5. The molecule has 0 fully saturated rings. The third-order valence-electron chi connectivity index (χ3n) is 5.15. The highest BCUT2D eigenvalue weighted by atomic mass is 35.5. The van der Waals surface area contributed by atoms with Crippen LogP contribution in [-0.2, 0) is 11.4 Å². The number of pyridine rings is 1. The van der Waals surface area contributed by atoms with E-state index < -0.39 is 0 Å². The van der Waals surface area contributed by atoms with Gasteiger partial charge in [0.25, 0.3) is 0 Å². The molecule has 2 aromatic heterocycles. The summed E-state index contributed by atoms with van der Waals surface area (Å²) in [5.74, 6) is 1.58. The Morgan fingerprint density at radius 2 is 2.03 bits per heavy atom. The number of aryl methyl sites for hydroxylation is 2. The highest BCUT2D eigenvalue weighted by Crippen LogP contribution is 2.30. The lowest BCUT2D eigenvalue weighted by molar-refractivity contribution is -0.111. The maximum atomic E-state index is 12.5. The number of amides is 1. The van der Waals surface area contributed by atoms with Crippen LogP contribution in [0.15, 0.2) is 59.3 Å². The Labute approximate surface area is 196 Å². The molecule has 4 aromatic rings. The molecular weight excluding hydrogens is 442 g/mol. The van der Waals surface area contributed by atoms with Crippen molar-refractivity contribution in [1.29, 1.82) is 0 Å². The molecule has 0 saturated carbocycles. The Bertz CT molecular complexity index is 1330. The van der Waals surface area contributed by atoms with Crippen LogP contribution in [-0.4, -0.2) is 23.2 Å². The van der Waals surface area contributed by atoms with Gasteiger partial charge in [-0.1, -0.05) is 22.8 Å². The molecule has 0 radical (unpaired) electrons. The fourth-order valence-electron chi connectivity index (χ4n) is 3.36. The predicted octanol–water partition coefficient (Wildman–Crippen LogP) is 5.73. The smallest absolute Gasteiger partial charge is 0.248 e. The monoisotopic (exact) mass is 463 g/mol. The van der Waals surface area contributed by atoms with Crippen molar-refractivity contribution in [2.75, 3.05) is 12.4 Å². The molecule has 168 valence electrons. The van der Waals surface area contributed by atoms with Crippen molar-refractivity contribution in [2.24, 2.45) is 0 Å². The summed E-state index contributed by atoms with van der Waals surface area (Å²) < 4.78 is 16.5. The van der Waals surface area contributed by atoms with Crippen molar-refractivity contribution in [3.63, 3.8) is 0 Å². The Balaban J connectivity index is 1.46. The van der Waals surface area contributed by atoms with E-state index in [0.29, 0.717) is 34.3 Å².